The van der Waals surface area contributed by atoms with Crippen molar-refractivity contribution < 1.29 is 42.6 Å². The van der Waals surface area contributed by atoms with Crippen molar-refractivity contribution in [2.75, 3.05) is 39.3 Å². The summed E-state index contributed by atoms with van der Waals surface area (Å²) in [5.41, 5.74) is 4.54. The van der Waals surface area contributed by atoms with E-state index in [9.17, 15) is 14.8 Å². The van der Waals surface area contributed by atoms with Crippen molar-refractivity contribution in [3.8, 4) is 11.6 Å². The highest BCUT2D eigenvalue weighted by atomic mass is 31.2. The molecule has 1 fully saturated rings. The maximum absolute atomic E-state index is 14.2. The molecule has 4 aromatic rings. The number of nitrogens with two attached hydrogens (primary N) is 1. The summed E-state index contributed by atoms with van der Waals surface area (Å²) >= 11 is 0. The molecule has 0 amide bonds. The molecule has 51 heavy (non-hydrogen) atoms. The van der Waals surface area contributed by atoms with Crippen molar-refractivity contribution in [1.82, 2.24) is 19.5 Å². The minimum atomic E-state index is -4.29. The fourth-order valence-electron chi connectivity index (χ4n) is 6.03. The smallest absolute Gasteiger partial charge is 0.479 e. The lowest BCUT2D eigenvalue weighted by Gasteiger charge is -2.27. The van der Waals surface area contributed by atoms with Crippen LogP contribution in [0, 0.1) is 0 Å². The van der Waals surface area contributed by atoms with E-state index in [1.54, 1.807) is 12.1 Å². The minimum absolute atomic E-state index is 0.0344. The third-order valence-corrected chi connectivity index (χ3v) is 10.2. The second-order valence-electron chi connectivity index (χ2n) is 12.7. The molecule has 2 aromatic carbocycles. The zero-order chi connectivity index (χ0) is 36.3. The van der Waals surface area contributed by atoms with Gasteiger partial charge in [-0.3, -0.25) is 13.6 Å². The summed E-state index contributed by atoms with van der Waals surface area (Å²) < 4.78 is 50.4. The van der Waals surface area contributed by atoms with Crippen molar-refractivity contribution >= 4 is 35.7 Å². The van der Waals surface area contributed by atoms with Gasteiger partial charge in [0.25, 0.3) is 0 Å². The number of aliphatic hydroxyl groups is 2. The van der Waals surface area contributed by atoms with Crippen LogP contribution in [0.4, 0.5) is 5.95 Å². The number of allylic oxidation sites excluding steroid dienone is 2. The van der Waals surface area contributed by atoms with E-state index in [0.717, 1.165) is 30.0 Å². The Morgan fingerprint density at radius 3 is 2.55 bits per heavy atom. The molecule has 15 heteroatoms. The van der Waals surface area contributed by atoms with E-state index < -0.39 is 38.5 Å². The number of anilines is 1. The van der Waals surface area contributed by atoms with E-state index in [-0.39, 0.29) is 29.6 Å². The Balaban J connectivity index is 1.19. The van der Waals surface area contributed by atoms with E-state index in [2.05, 4.69) is 34.0 Å². The molecule has 0 saturated carbocycles. The van der Waals surface area contributed by atoms with E-state index in [1.165, 1.54) is 50.6 Å². The topological polar surface area (TPSA) is 183 Å². The minimum Gasteiger partial charge on any atom is -0.479 e. The van der Waals surface area contributed by atoms with Crippen molar-refractivity contribution in [2.24, 2.45) is 0 Å². The third kappa shape index (κ3) is 9.83. The highest BCUT2D eigenvalue weighted by Crippen LogP contribution is 2.52. The van der Waals surface area contributed by atoms with Gasteiger partial charge >= 0.3 is 7.82 Å². The average molecular weight is 728 g/mol. The number of nitrogens with zero attached hydrogens (tertiary/aromatic N) is 4. The van der Waals surface area contributed by atoms with Gasteiger partial charge in [-0.05, 0) is 51.0 Å². The maximum atomic E-state index is 14.2. The third-order valence-electron chi connectivity index (χ3n) is 8.79. The summed E-state index contributed by atoms with van der Waals surface area (Å²) in [5.74, 6) is 0.378. The van der Waals surface area contributed by atoms with Crippen LogP contribution in [0.25, 0.3) is 21.9 Å². The summed E-state index contributed by atoms with van der Waals surface area (Å²) in [5, 5.41) is 24.2. The molecule has 3 heterocycles. The number of nitrogen functional groups attached to an aromatic ring is 1. The van der Waals surface area contributed by atoms with Gasteiger partial charge in [-0.25, -0.2) is 9.55 Å². The molecule has 1 aliphatic heterocycles. The Hall–Kier alpha value is -3.62. The summed E-state index contributed by atoms with van der Waals surface area (Å²) in [6.07, 6.45) is 10.5. The van der Waals surface area contributed by atoms with Crippen LogP contribution >= 0.6 is 7.82 Å². The first kappa shape index (κ1) is 38.6. The lowest BCUT2D eigenvalue weighted by atomic mass is 9.96. The standard InChI is InChI=1S/C36H50N5O9P/c1-4-5-6-7-8-9-10-11-14-21-46-22-16-23-47-51(44,50-28-20-15-18-26-17-12-13-19-27(26)28)48-24-29-31(42)36(2,43)34(49-29)41-25-38-30-32(41)39-35(37)40-33(30)45-3/h4-5,12-13,15,17-20,25,29,31,34,42-43H,6-11,14,16,21-24H2,1-3H3,(H2,37,39,40)/b5-4+/t29-,31-,34?,36-,51?/m1/s1. The van der Waals surface area contributed by atoms with Gasteiger partial charge in [0.15, 0.2) is 17.4 Å². The summed E-state index contributed by atoms with van der Waals surface area (Å²) in [7, 11) is -2.87. The highest BCUT2D eigenvalue weighted by Gasteiger charge is 2.54. The normalized spacial score (nSPS) is 21.9. The molecule has 1 saturated heterocycles. The lowest BCUT2D eigenvalue weighted by molar-refractivity contribution is -0.0949. The van der Waals surface area contributed by atoms with Crippen LogP contribution in [-0.2, 0) is 23.1 Å². The van der Waals surface area contributed by atoms with Gasteiger partial charge in [-0.15, -0.1) is 0 Å². The molecular weight excluding hydrogens is 677 g/mol. The number of phosphoric ester groups is 1. The van der Waals surface area contributed by atoms with Crippen molar-refractivity contribution in [2.45, 2.75) is 89.3 Å². The van der Waals surface area contributed by atoms with Crippen molar-refractivity contribution in [1.29, 1.82) is 0 Å². The van der Waals surface area contributed by atoms with Crippen molar-refractivity contribution in [3.63, 3.8) is 0 Å². The number of fused-ring (bicyclic) bond motifs is 2. The lowest BCUT2D eigenvalue weighted by Crippen LogP contribution is -2.44. The van der Waals surface area contributed by atoms with Crippen LogP contribution in [0.15, 0.2) is 60.9 Å². The summed E-state index contributed by atoms with van der Waals surface area (Å²) in [6.45, 7) is 4.13. The van der Waals surface area contributed by atoms with Crippen LogP contribution in [-0.4, -0.2) is 81.1 Å². The second-order valence-corrected chi connectivity index (χ2v) is 14.3. The summed E-state index contributed by atoms with van der Waals surface area (Å²) in [4.78, 5) is 12.6. The van der Waals surface area contributed by atoms with Gasteiger partial charge in [0.2, 0.25) is 11.8 Å². The Labute approximate surface area is 298 Å². The molecule has 2 unspecified atom stereocenters. The van der Waals surface area contributed by atoms with E-state index in [0.29, 0.717) is 25.4 Å². The molecule has 0 aliphatic carbocycles. The first-order valence-corrected chi connectivity index (χ1v) is 19.0. The number of benzene rings is 2. The molecular formula is C36H50N5O9P. The quantitative estimate of drug-likeness (QED) is 0.0480. The fraction of sp³-hybridized carbons (Fsp3) is 0.528. The molecule has 2 aromatic heterocycles. The molecule has 0 spiro atoms. The predicted octanol–water partition coefficient (Wildman–Crippen LogP) is 6.51. The molecule has 0 bridgehead atoms. The number of aliphatic hydroxyl groups excluding tert-OH is 1. The Bertz CT molecular complexity index is 1780. The number of methoxy groups -OCH3 is 1. The Morgan fingerprint density at radius 2 is 1.75 bits per heavy atom. The van der Waals surface area contributed by atoms with E-state index >= 15 is 0 Å². The number of hydrogen-bond donors (Lipinski definition) is 3. The number of ether oxygens (including phenoxy) is 3. The SMILES string of the molecule is C/C=C/CCCCCCCCOCCCOP(=O)(OC[C@H]1OC(n2cnc3c(OC)nc(N)nc32)[C@](C)(O)[C@@H]1O)Oc1cccc2ccccc12. The van der Waals surface area contributed by atoms with Gasteiger partial charge in [-0.2, -0.15) is 9.97 Å². The van der Waals surface area contributed by atoms with Crippen molar-refractivity contribution in [3.05, 3.63) is 60.9 Å². The van der Waals surface area contributed by atoms with E-state index in [4.69, 9.17) is 33.5 Å². The van der Waals surface area contributed by atoms with Crippen LogP contribution in [0.5, 0.6) is 11.6 Å². The van der Waals surface area contributed by atoms with Crippen LogP contribution in [0.2, 0.25) is 0 Å². The Morgan fingerprint density at radius 1 is 1.00 bits per heavy atom. The number of imidazole rings is 1. The maximum Gasteiger partial charge on any atom is 0.530 e. The molecule has 5 atom stereocenters. The molecule has 14 nitrogen and oxygen atoms in total. The Kier molecular flexibility index (Phi) is 13.8. The molecule has 1 aliphatic rings. The summed E-state index contributed by atoms with van der Waals surface area (Å²) in [6, 6.07) is 12.9. The predicted molar refractivity (Wildman–Crippen MR) is 193 cm³/mol. The van der Waals surface area contributed by atoms with Gasteiger partial charge in [0.05, 0.1) is 26.7 Å². The number of hydrogen-bond acceptors (Lipinski definition) is 13. The first-order valence-electron chi connectivity index (χ1n) is 17.5. The number of phosphoric acid groups is 1. The molecule has 278 valence electrons. The molecule has 4 N–H and O–H groups in total. The van der Waals surface area contributed by atoms with Crippen LogP contribution < -0.4 is 15.0 Å². The van der Waals surface area contributed by atoms with E-state index in [1.807, 2.05) is 30.3 Å². The average Bonchev–Trinajstić information content (AvgIpc) is 3.63. The van der Waals surface area contributed by atoms with Gasteiger partial charge in [0, 0.05) is 18.6 Å². The largest absolute Gasteiger partial charge is 0.530 e. The number of rotatable bonds is 21. The van der Waals surface area contributed by atoms with Crippen LogP contribution in [0.3, 0.4) is 0 Å². The van der Waals surface area contributed by atoms with Gasteiger partial charge in [0.1, 0.15) is 23.6 Å². The monoisotopic (exact) mass is 727 g/mol. The number of unbranched alkanes of at least 4 members (excludes halogenated alkanes) is 6. The second kappa shape index (κ2) is 18.2. The molecule has 0 radical (unpaired) electrons. The first-order chi connectivity index (χ1) is 24.7. The van der Waals surface area contributed by atoms with Crippen LogP contribution in [0.1, 0.15) is 71.4 Å². The fourth-order valence-corrected chi connectivity index (χ4v) is 7.29. The number of aromatic nitrogens is 4. The zero-order valence-electron chi connectivity index (χ0n) is 29.6. The molecule has 5 rings (SSSR count). The highest BCUT2D eigenvalue weighted by molar-refractivity contribution is 7.49. The zero-order valence-corrected chi connectivity index (χ0v) is 30.5. The van der Waals surface area contributed by atoms with Gasteiger partial charge in [-0.1, -0.05) is 74.2 Å². The van der Waals surface area contributed by atoms with Gasteiger partial charge < -0.3 is 34.7 Å².